The van der Waals surface area contributed by atoms with Crippen LogP contribution in [0, 0.1) is 0 Å². The Kier molecular flexibility index (Phi) is 3.84. The fourth-order valence-electron chi connectivity index (χ4n) is 3.68. The van der Waals surface area contributed by atoms with E-state index in [1.54, 1.807) is 48.7 Å². The standard InChI is InChI=1S/C23H15N3O3/c27-20(12-14-13-26-11-4-3-10-19(26)24-14)25-18-9-5-8-17-21(18)23(29)16-7-2-1-6-15(16)22(17)28/h1-11,13H,12H2,(H,25,27). The van der Waals surface area contributed by atoms with Crippen molar-refractivity contribution in [2.75, 3.05) is 5.32 Å². The molecular weight excluding hydrogens is 366 g/mol. The maximum atomic E-state index is 13.0. The number of nitrogens with zero attached hydrogens (tertiary/aromatic N) is 2. The lowest BCUT2D eigenvalue weighted by molar-refractivity contribution is -0.115. The average molecular weight is 381 g/mol. The van der Waals surface area contributed by atoms with Gasteiger partial charge in [0.15, 0.2) is 11.6 Å². The summed E-state index contributed by atoms with van der Waals surface area (Å²) in [5.41, 5.74) is 2.99. The number of aromatic nitrogens is 2. The predicted molar refractivity (Wildman–Crippen MR) is 107 cm³/mol. The molecule has 6 heteroatoms. The molecule has 1 amide bonds. The highest BCUT2D eigenvalue weighted by molar-refractivity contribution is 6.30. The van der Waals surface area contributed by atoms with Gasteiger partial charge < -0.3 is 9.72 Å². The Hall–Kier alpha value is -4.06. The number of carbonyl (C=O) groups is 3. The summed E-state index contributed by atoms with van der Waals surface area (Å²) >= 11 is 0. The third-order valence-corrected chi connectivity index (χ3v) is 4.98. The van der Waals surface area contributed by atoms with E-state index in [4.69, 9.17) is 0 Å². The van der Waals surface area contributed by atoms with Crippen LogP contribution in [-0.2, 0) is 11.2 Å². The molecule has 1 N–H and O–H groups in total. The van der Waals surface area contributed by atoms with E-state index in [0.717, 1.165) is 5.65 Å². The number of carbonyl (C=O) groups excluding carboxylic acids is 3. The van der Waals surface area contributed by atoms with Gasteiger partial charge in [-0.2, -0.15) is 0 Å². The maximum absolute atomic E-state index is 13.0. The van der Waals surface area contributed by atoms with Crippen molar-refractivity contribution in [2.45, 2.75) is 6.42 Å². The van der Waals surface area contributed by atoms with Gasteiger partial charge in [-0.3, -0.25) is 14.4 Å². The second kappa shape index (κ2) is 6.53. The highest BCUT2D eigenvalue weighted by Gasteiger charge is 2.31. The van der Waals surface area contributed by atoms with Gasteiger partial charge in [-0.25, -0.2) is 4.98 Å². The molecule has 0 atom stereocenters. The molecule has 0 aliphatic heterocycles. The Morgan fingerprint density at radius 1 is 0.862 bits per heavy atom. The van der Waals surface area contributed by atoms with Crippen LogP contribution in [0.1, 0.15) is 37.5 Å². The highest BCUT2D eigenvalue weighted by Crippen LogP contribution is 2.31. The van der Waals surface area contributed by atoms with Crippen molar-refractivity contribution in [3.8, 4) is 0 Å². The first kappa shape index (κ1) is 17.1. The zero-order chi connectivity index (χ0) is 20.0. The molecule has 0 saturated carbocycles. The summed E-state index contributed by atoms with van der Waals surface area (Å²) in [6, 6.07) is 17.3. The smallest absolute Gasteiger partial charge is 0.230 e. The number of ketones is 2. The molecule has 140 valence electrons. The van der Waals surface area contributed by atoms with Gasteiger partial charge in [0.25, 0.3) is 0 Å². The topological polar surface area (TPSA) is 80.5 Å². The number of nitrogens with one attached hydrogen (secondary N) is 1. The third kappa shape index (κ3) is 2.82. The molecule has 2 aromatic carbocycles. The Morgan fingerprint density at radius 2 is 1.59 bits per heavy atom. The summed E-state index contributed by atoms with van der Waals surface area (Å²) in [4.78, 5) is 42.9. The summed E-state index contributed by atoms with van der Waals surface area (Å²) in [5.74, 6) is -0.786. The Balaban J connectivity index is 1.46. The van der Waals surface area contributed by atoms with Gasteiger partial charge >= 0.3 is 0 Å². The second-order valence-corrected chi connectivity index (χ2v) is 6.86. The number of benzene rings is 2. The van der Waals surface area contributed by atoms with Crippen LogP contribution in [0.4, 0.5) is 5.69 Å². The van der Waals surface area contributed by atoms with E-state index in [1.807, 2.05) is 28.8 Å². The first-order valence-electron chi connectivity index (χ1n) is 9.16. The Labute approximate surface area is 165 Å². The number of pyridine rings is 1. The van der Waals surface area contributed by atoms with Gasteiger partial charge in [0.2, 0.25) is 5.91 Å². The molecule has 1 aliphatic carbocycles. The Bertz CT molecular complexity index is 1290. The molecular formula is C23H15N3O3. The fourth-order valence-corrected chi connectivity index (χ4v) is 3.68. The number of fused-ring (bicyclic) bond motifs is 3. The minimum absolute atomic E-state index is 0.0596. The van der Waals surface area contributed by atoms with Crippen LogP contribution in [0.25, 0.3) is 5.65 Å². The molecule has 0 unspecified atom stereocenters. The second-order valence-electron chi connectivity index (χ2n) is 6.86. The molecule has 29 heavy (non-hydrogen) atoms. The summed E-state index contributed by atoms with van der Waals surface area (Å²) in [5, 5.41) is 2.78. The van der Waals surface area contributed by atoms with Crippen molar-refractivity contribution in [3.05, 3.63) is 101 Å². The summed E-state index contributed by atoms with van der Waals surface area (Å²) in [7, 11) is 0. The van der Waals surface area contributed by atoms with Gasteiger partial charge in [0.1, 0.15) is 5.65 Å². The first-order chi connectivity index (χ1) is 14.1. The largest absolute Gasteiger partial charge is 0.325 e. The quantitative estimate of drug-likeness (QED) is 0.520. The van der Waals surface area contributed by atoms with Crippen molar-refractivity contribution in [1.29, 1.82) is 0 Å². The van der Waals surface area contributed by atoms with Crippen LogP contribution in [0.2, 0.25) is 0 Å². The van der Waals surface area contributed by atoms with E-state index >= 15 is 0 Å². The number of hydrogen-bond acceptors (Lipinski definition) is 4. The van der Waals surface area contributed by atoms with E-state index in [0.29, 0.717) is 28.1 Å². The monoisotopic (exact) mass is 381 g/mol. The summed E-state index contributed by atoms with van der Waals surface area (Å²) in [6.45, 7) is 0. The van der Waals surface area contributed by atoms with E-state index in [9.17, 15) is 14.4 Å². The molecule has 0 fully saturated rings. The lowest BCUT2D eigenvalue weighted by Crippen LogP contribution is -2.24. The van der Waals surface area contributed by atoms with Crippen molar-refractivity contribution < 1.29 is 14.4 Å². The summed E-state index contributed by atoms with van der Waals surface area (Å²) < 4.78 is 1.84. The van der Waals surface area contributed by atoms with E-state index in [-0.39, 0.29) is 29.5 Å². The van der Waals surface area contributed by atoms with Crippen LogP contribution in [0.3, 0.4) is 0 Å². The van der Waals surface area contributed by atoms with Crippen LogP contribution >= 0.6 is 0 Å². The molecule has 0 spiro atoms. The molecule has 2 aromatic heterocycles. The predicted octanol–water partition coefficient (Wildman–Crippen LogP) is 3.29. The first-order valence-corrected chi connectivity index (χ1v) is 9.16. The van der Waals surface area contributed by atoms with Crippen molar-refractivity contribution in [1.82, 2.24) is 9.38 Å². The van der Waals surface area contributed by atoms with Gasteiger partial charge in [0, 0.05) is 29.1 Å². The SMILES string of the molecule is O=C(Cc1cn2ccccc2n1)Nc1cccc2c1C(=O)c1ccccc1C2=O. The molecule has 0 bridgehead atoms. The van der Waals surface area contributed by atoms with Gasteiger partial charge in [0.05, 0.1) is 23.4 Å². The maximum Gasteiger partial charge on any atom is 0.230 e. The van der Waals surface area contributed by atoms with E-state index in [1.165, 1.54) is 0 Å². The van der Waals surface area contributed by atoms with Crippen LogP contribution in [0.5, 0.6) is 0 Å². The van der Waals surface area contributed by atoms with Gasteiger partial charge in [-0.1, -0.05) is 42.5 Å². The van der Waals surface area contributed by atoms with Gasteiger partial charge in [-0.15, -0.1) is 0 Å². The van der Waals surface area contributed by atoms with E-state index in [2.05, 4.69) is 10.3 Å². The fraction of sp³-hybridized carbons (Fsp3) is 0.0435. The molecule has 2 heterocycles. The molecule has 6 nitrogen and oxygen atoms in total. The Morgan fingerprint density at radius 3 is 2.38 bits per heavy atom. The lowest BCUT2D eigenvalue weighted by Gasteiger charge is -2.20. The minimum Gasteiger partial charge on any atom is -0.325 e. The van der Waals surface area contributed by atoms with Crippen molar-refractivity contribution >= 4 is 28.8 Å². The zero-order valence-corrected chi connectivity index (χ0v) is 15.3. The van der Waals surface area contributed by atoms with E-state index < -0.39 is 0 Å². The number of anilines is 1. The van der Waals surface area contributed by atoms with Crippen molar-refractivity contribution in [2.24, 2.45) is 0 Å². The highest BCUT2D eigenvalue weighted by atomic mass is 16.2. The number of hydrogen-bond donors (Lipinski definition) is 1. The minimum atomic E-state index is -0.305. The number of amides is 1. The third-order valence-electron chi connectivity index (χ3n) is 4.98. The lowest BCUT2D eigenvalue weighted by atomic mass is 9.83. The van der Waals surface area contributed by atoms with Crippen LogP contribution in [0.15, 0.2) is 73.1 Å². The summed E-state index contributed by atoms with van der Waals surface area (Å²) in [6.07, 6.45) is 3.71. The molecule has 4 aromatic rings. The number of rotatable bonds is 3. The average Bonchev–Trinajstić information content (AvgIpc) is 3.14. The molecule has 0 radical (unpaired) electrons. The number of imidazole rings is 1. The molecule has 0 saturated heterocycles. The van der Waals surface area contributed by atoms with Crippen LogP contribution < -0.4 is 5.32 Å². The molecule has 1 aliphatic rings. The molecule has 5 rings (SSSR count). The zero-order valence-electron chi connectivity index (χ0n) is 15.3. The van der Waals surface area contributed by atoms with Gasteiger partial charge in [-0.05, 0) is 18.2 Å². The normalized spacial score (nSPS) is 12.6. The van der Waals surface area contributed by atoms with Crippen molar-refractivity contribution in [3.63, 3.8) is 0 Å². The van der Waals surface area contributed by atoms with Crippen LogP contribution in [-0.4, -0.2) is 26.9 Å².